The molecule has 0 aliphatic carbocycles. The first-order valence-electron chi connectivity index (χ1n) is 6.55. The Kier molecular flexibility index (Phi) is 5.81. The zero-order chi connectivity index (χ0) is 12.0. The summed E-state index contributed by atoms with van der Waals surface area (Å²) in [6.07, 6.45) is 5.57. The van der Waals surface area contributed by atoms with Crippen molar-refractivity contribution in [2.45, 2.75) is 58.5 Å². The SMILES string of the molecule is CC(O)CCCCN1CCC(C)CCC1=O. The molecular formula is C13H25NO2. The van der Waals surface area contributed by atoms with Gasteiger partial charge in [-0.15, -0.1) is 0 Å². The molecule has 1 saturated heterocycles. The molecule has 2 unspecified atom stereocenters. The van der Waals surface area contributed by atoms with Crippen LogP contribution in [0.15, 0.2) is 0 Å². The summed E-state index contributed by atoms with van der Waals surface area (Å²) in [6, 6.07) is 0. The lowest BCUT2D eigenvalue weighted by atomic mass is 10.0. The molecule has 1 aliphatic rings. The van der Waals surface area contributed by atoms with Crippen molar-refractivity contribution in [1.82, 2.24) is 4.90 Å². The Hall–Kier alpha value is -0.570. The summed E-state index contributed by atoms with van der Waals surface area (Å²) in [4.78, 5) is 13.8. The molecule has 16 heavy (non-hydrogen) atoms. The van der Waals surface area contributed by atoms with Crippen LogP contribution in [-0.4, -0.2) is 35.1 Å². The van der Waals surface area contributed by atoms with E-state index < -0.39 is 0 Å². The molecule has 3 nitrogen and oxygen atoms in total. The number of nitrogens with zero attached hydrogens (tertiary/aromatic N) is 1. The maximum absolute atomic E-state index is 11.8. The van der Waals surface area contributed by atoms with Crippen molar-refractivity contribution in [2.75, 3.05) is 13.1 Å². The van der Waals surface area contributed by atoms with Crippen molar-refractivity contribution in [3.8, 4) is 0 Å². The first-order chi connectivity index (χ1) is 7.59. The number of likely N-dealkylation sites (tertiary alicyclic amines) is 1. The molecule has 1 amide bonds. The van der Waals surface area contributed by atoms with Crippen molar-refractivity contribution in [3.05, 3.63) is 0 Å². The number of aliphatic hydroxyl groups is 1. The molecule has 1 fully saturated rings. The Morgan fingerprint density at radius 2 is 2.19 bits per heavy atom. The average molecular weight is 227 g/mol. The number of unbranched alkanes of at least 4 members (excludes halogenated alkanes) is 1. The third kappa shape index (κ3) is 4.97. The third-order valence-corrected chi connectivity index (χ3v) is 3.40. The monoisotopic (exact) mass is 227 g/mol. The first kappa shape index (κ1) is 13.5. The fraction of sp³-hybridized carbons (Fsp3) is 0.923. The summed E-state index contributed by atoms with van der Waals surface area (Å²) in [7, 11) is 0. The van der Waals surface area contributed by atoms with Crippen molar-refractivity contribution >= 4 is 5.91 Å². The van der Waals surface area contributed by atoms with E-state index in [-0.39, 0.29) is 6.10 Å². The number of aliphatic hydroxyl groups excluding tert-OH is 1. The Morgan fingerprint density at radius 3 is 2.88 bits per heavy atom. The molecule has 0 bridgehead atoms. The van der Waals surface area contributed by atoms with Crippen LogP contribution in [0.4, 0.5) is 0 Å². The fourth-order valence-corrected chi connectivity index (χ4v) is 2.15. The van der Waals surface area contributed by atoms with Gasteiger partial charge in [0.1, 0.15) is 0 Å². The second-order valence-electron chi connectivity index (χ2n) is 5.16. The molecule has 0 aromatic carbocycles. The molecule has 0 aromatic heterocycles. The standard InChI is InChI=1S/C13H25NO2/c1-11-6-7-13(16)14(10-8-11)9-4-3-5-12(2)15/h11-12,15H,3-10H2,1-2H3. The van der Waals surface area contributed by atoms with Crippen LogP contribution in [0, 0.1) is 5.92 Å². The van der Waals surface area contributed by atoms with E-state index >= 15 is 0 Å². The van der Waals surface area contributed by atoms with E-state index in [4.69, 9.17) is 5.11 Å². The summed E-state index contributed by atoms with van der Waals surface area (Å²) >= 11 is 0. The molecule has 2 atom stereocenters. The highest BCUT2D eigenvalue weighted by atomic mass is 16.3. The minimum Gasteiger partial charge on any atom is -0.393 e. The van der Waals surface area contributed by atoms with E-state index in [0.717, 1.165) is 51.6 Å². The van der Waals surface area contributed by atoms with Crippen molar-refractivity contribution in [2.24, 2.45) is 5.92 Å². The van der Waals surface area contributed by atoms with Gasteiger partial charge in [-0.25, -0.2) is 0 Å². The molecular weight excluding hydrogens is 202 g/mol. The van der Waals surface area contributed by atoms with E-state index in [1.54, 1.807) is 0 Å². The molecule has 0 radical (unpaired) electrons. The summed E-state index contributed by atoms with van der Waals surface area (Å²) in [6.45, 7) is 5.84. The van der Waals surface area contributed by atoms with Gasteiger partial charge in [-0.2, -0.15) is 0 Å². The van der Waals surface area contributed by atoms with Crippen LogP contribution in [0.1, 0.15) is 52.4 Å². The van der Waals surface area contributed by atoms with Gasteiger partial charge in [-0.05, 0) is 44.9 Å². The van der Waals surface area contributed by atoms with Gasteiger partial charge >= 0.3 is 0 Å². The Morgan fingerprint density at radius 1 is 1.44 bits per heavy atom. The predicted octanol–water partition coefficient (Wildman–Crippen LogP) is 2.19. The van der Waals surface area contributed by atoms with Crippen LogP contribution in [0.2, 0.25) is 0 Å². The molecule has 0 saturated carbocycles. The van der Waals surface area contributed by atoms with Crippen LogP contribution in [0.3, 0.4) is 0 Å². The highest BCUT2D eigenvalue weighted by Gasteiger charge is 2.19. The van der Waals surface area contributed by atoms with Crippen LogP contribution < -0.4 is 0 Å². The topological polar surface area (TPSA) is 40.5 Å². The van der Waals surface area contributed by atoms with Gasteiger partial charge in [0.15, 0.2) is 0 Å². The minimum absolute atomic E-state index is 0.208. The third-order valence-electron chi connectivity index (χ3n) is 3.40. The van der Waals surface area contributed by atoms with Gasteiger partial charge in [0.25, 0.3) is 0 Å². The maximum Gasteiger partial charge on any atom is 0.222 e. The van der Waals surface area contributed by atoms with Crippen LogP contribution in [-0.2, 0) is 4.79 Å². The summed E-state index contributed by atoms with van der Waals surface area (Å²) in [5, 5.41) is 9.14. The number of carbonyl (C=O) groups excluding carboxylic acids is 1. The van der Waals surface area contributed by atoms with Crippen molar-refractivity contribution < 1.29 is 9.90 Å². The molecule has 0 aromatic rings. The number of amides is 1. The van der Waals surface area contributed by atoms with E-state index in [1.165, 1.54) is 0 Å². The Balaban J connectivity index is 2.21. The Labute approximate surface area is 98.8 Å². The van der Waals surface area contributed by atoms with Crippen LogP contribution >= 0.6 is 0 Å². The molecule has 1 aliphatic heterocycles. The number of rotatable bonds is 5. The lowest BCUT2D eigenvalue weighted by Gasteiger charge is -2.20. The largest absolute Gasteiger partial charge is 0.393 e. The summed E-state index contributed by atoms with van der Waals surface area (Å²) in [5.74, 6) is 1.01. The van der Waals surface area contributed by atoms with E-state index in [2.05, 4.69) is 6.92 Å². The second kappa shape index (κ2) is 6.89. The van der Waals surface area contributed by atoms with E-state index in [9.17, 15) is 4.79 Å². The quantitative estimate of drug-likeness (QED) is 0.731. The smallest absolute Gasteiger partial charge is 0.222 e. The zero-order valence-corrected chi connectivity index (χ0v) is 10.6. The summed E-state index contributed by atoms with van der Waals surface area (Å²) < 4.78 is 0. The minimum atomic E-state index is -0.208. The number of carbonyl (C=O) groups is 1. The van der Waals surface area contributed by atoms with E-state index in [0.29, 0.717) is 11.8 Å². The number of hydrogen-bond donors (Lipinski definition) is 1. The molecule has 0 spiro atoms. The predicted molar refractivity (Wildman–Crippen MR) is 65.1 cm³/mol. The molecule has 1 N–H and O–H groups in total. The van der Waals surface area contributed by atoms with Gasteiger partial charge in [-0.1, -0.05) is 6.92 Å². The van der Waals surface area contributed by atoms with Gasteiger partial charge < -0.3 is 10.0 Å². The van der Waals surface area contributed by atoms with E-state index in [1.807, 2.05) is 11.8 Å². The number of hydrogen-bond acceptors (Lipinski definition) is 2. The van der Waals surface area contributed by atoms with Gasteiger partial charge in [0, 0.05) is 19.5 Å². The van der Waals surface area contributed by atoms with Crippen molar-refractivity contribution in [1.29, 1.82) is 0 Å². The molecule has 1 rings (SSSR count). The lowest BCUT2D eigenvalue weighted by Crippen LogP contribution is -2.31. The van der Waals surface area contributed by atoms with Gasteiger partial charge in [0.2, 0.25) is 5.91 Å². The Bertz CT molecular complexity index is 216. The first-order valence-corrected chi connectivity index (χ1v) is 6.55. The highest BCUT2D eigenvalue weighted by molar-refractivity contribution is 5.76. The molecule has 94 valence electrons. The normalized spacial score (nSPS) is 24.3. The average Bonchev–Trinajstić information content (AvgIpc) is 2.38. The molecule has 3 heteroatoms. The zero-order valence-electron chi connectivity index (χ0n) is 10.6. The van der Waals surface area contributed by atoms with Gasteiger partial charge in [0.05, 0.1) is 6.10 Å². The summed E-state index contributed by atoms with van der Waals surface area (Å²) in [5.41, 5.74) is 0. The lowest BCUT2D eigenvalue weighted by molar-refractivity contribution is -0.130. The second-order valence-corrected chi connectivity index (χ2v) is 5.16. The molecule has 1 heterocycles. The van der Waals surface area contributed by atoms with Crippen LogP contribution in [0.5, 0.6) is 0 Å². The fourth-order valence-electron chi connectivity index (χ4n) is 2.15. The van der Waals surface area contributed by atoms with Crippen molar-refractivity contribution in [3.63, 3.8) is 0 Å². The van der Waals surface area contributed by atoms with Crippen LogP contribution in [0.25, 0.3) is 0 Å². The van der Waals surface area contributed by atoms with Gasteiger partial charge in [-0.3, -0.25) is 4.79 Å². The maximum atomic E-state index is 11.8. The highest BCUT2D eigenvalue weighted by Crippen LogP contribution is 2.17.